The molecule has 1 atom stereocenters. The zero-order valence-electron chi connectivity index (χ0n) is 17.3. The van der Waals surface area contributed by atoms with E-state index in [1.165, 1.54) is 11.1 Å². The molecule has 0 radical (unpaired) electrons. The number of hydrogen-bond acceptors (Lipinski definition) is 2. The summed E-state index contributed by atoms with van der Waals surface area (Å²) in [6, 6.07) is 29.6. The maximum atomic E-state index is 13.7. The maximum absolute atomic E-state index is 13.7. The van der Waals surface area contributed by atoms with Crippen LogP contribution in [0.3, 0.4) is 0 Å². The van der Waals surface area contributed by atoms with Gasteiger partial charge in [-0.1, -0.05) is 84.9 Å². The van der Waals surface area contributed by atoms with Crippen molar-refractivity contribution in [1.82, 2.24) is 9.80 Å². The molecule has 0 saturated carbocycles. The van der Waals surface area contributed by atoms with Crippen molar-refractivity contribution in [2.75, 3.05) is 19.6 Å². The van der Waals surface area contributed by atoms with Gasteiger partial charge in [0, 0.05) is 32.2 Å². The Morgan fingerprint density at radius 3 is 2.03 bits per heavy atom. The lowest BCUT2D eigenvalue weighted by Gasteiger charge is -2.33. The topological polar surface area (TPSA) is 23.6 Å². The van der Waals surface area contributed by atoms with Crippen molar-refractivity contribution in [1.29, 1.82) is 0 Å². The number of hydrogen-bond donors (Lipinski definition) is 0. The number of carbonyl (C=O) groups is 1. The minimum atomic E-state index is -0.228. The average molecular weight is 397 g/mol. The zero-order chi connectivity index (χ0) is 20.3. The quantitative estimate of drug-likeness (QED) is 0.649. The summed E-state index contributed by atoms with van der Waals surface area (Å²) in [5, 5.41) is 0. The summed E-state index contributed by atoms with van der Waals surface area (Å²) < 4.78 is 0. The molecule has 0 aliphatic carbocycles. The number of nitrogens with zero attached hydrogens (tertiary/aromatic N) is 2. The Kier molecular flexibility index (Phi) is 5.37. The SMILES string of the molecule is O=C(C(c1ccccc1)c1ccccc1)N1CCC(N2CCc3ccccc3C2)C1. The zero-order valence-corrected chi connectivity index (χ0v) is 17.3. The van der Waals surface area contributed by atoms with Crippen molar-refractivity contribution in [2.24, 2.45) is 0 Å². The van der Waals surface area contributed by atoms with Crippen LogP contribution in [-0.4, -0.2) is 41.4 Å². The van der Waals surface area contributed by atoms with Gasteiger partial charge in [0.15, 0.2) is 0 Å². The predicted molar refractivity (Wildman–Crippen MR) is 120 cm³/mol. The summed E-state index contributed by atoms with van der Waals surface area (Å²) >= 11 is 0. The van der Waals surface area contributed by atoms with E-state index in [2.05, 4.69) is 58.3 Å². The summed E-state index contributed by atoms with van der Waals surface area (Å²) in [7, 11) is 0. The van der Waals surface area contributed by atoms with E-state index in [4.69, 9.17) is 0 Å². The average Bonchev–Trinajstić information content (AvgIpc) is 3.31. The highest BCUT2D eigenvalue weighted by Gasteiger charge is 2.35. The van der Waals surface area contributed by atoms with E-state index in [1.807, 2.05) is 36.4 Å². The largest absolute Gasteiger partial charge is 0.340 e. The molecule has 3 nitrogen and oxygen atoms in total. The predicted octanol–water partition coefficient (Wildman–Crippen LogP) is 4.48. The molecule has 3 heteroatoms. The van der Waals surface area contributed by atoms with Gasteiger partial charge >= 0.3 is 0 Å². The van der Waals surface area contributed by atoms with E-state index in [0.29, 0.717) is 6.04 Å². The van der Waals surface area contributed by atoms with Crippen LogP contribution in [0.4, 0.5) is 0 Å². The Bertz CT molecular complexity index is 962. The van der Waals surface area contributed by atoms with Crippen LogP contribution < -0.4 is 0 Å². The van der Waals surface area contributed by atoms with Crippen LogP contribution in [0.5, 0.6) is 0 Å². The molecule has 3 aromatic carbocycles. The third kappa shape index (κ3) is 3.78. The number of amides is 1. The Morgan fingerprint density at radius 2 is 1.37 bits per heavy atom. The molecule has 0 aromatic heterocycles. The van der Waals surface area contributed by atoms with Crippen LogP contribution in [0.25, 0.3) is 0 Å². The molecule has 2 aliphatic rings. The maximum Gasteiger partial charge on any atom is 0.234 e. The number of likely N-dealkylation sites (tertiary alicyclic amines) is 1. The summed E-state index contributed by atoms with van der Waals surface area (Å²) in [5.74, 6) is 0.000501. The fourth-order valence-electron chi connectivity index (χ4n) is 5.02. The second-order valence-corrected chi connectivity index (χ2v) is 8.47. The summed E-state index contributed by atoms with van der Waals surface area (Å²) in [4.78, 5) is 18.4. The third-order valence-electron chi connectivity index (χ3n) is 6.66. The van der Waals surface area contributed by atoms with Crippen molar-refractivity contribution < 1.29 is 4.79 Å². The van der Waals surface area contributed by atoms with E-state index < -0.39 is 0 Å². The highest BCUT2D eigenvalue weighted by atomic mass is 16.2. The lowest BCUT2D eigenvalue weighted by Crippen LogP contribution is -2.42. The van der Waals surface area contributed by atoms with Crippen molar-refractivity contribution in [3.63, 3.8) is 0 Å². The third-order valence-corrected chi connectivity index (χ3v) is 6.66. The second-order valence-electron chi connectivity index (χ2n) is 8.47. The van der Waals surface area contributed by atoms with Crippen LogP contribution in [0.2, 0.25) is 0 Å². The molecule has 30 heavy (non-hydrogen) atoms. The van der Waals surface area contributed by atoms with Gasteiger partial charge in [-0.25, -0.2) is 0 Å². The number of rotatable bonds is 4. The fraction of sp³-hybridized carbons (Fsp3) is 0.296. The molecule has 3 aromatic rings. The molecule has 5 rings (SSSR count). The van der Waals surface area contributed by atoms with Gasteiger partial charge in [0.05, 0.1) is 5.92 Å². The molecule has 152 valence electrons. The van der Waals surface area contributed by atoms with Crippen LogP contribution >= 0.6 is 0 Å². The Hall–Kier alpha value is -2.91. The molecule has 0 spiro atoms. The van der Waals surface area contributed by atoms with Crippen LogP contribution in [0, 0.1) is 0 Å². The summed E-state index contributed by atoms with van der Waals surface area (Å²) in [6.45, 7) is 3.77. The highest BCUT2D eigenvalue weighted by Crippen LogP contribution is 2.30. The van der Waals surface area contributed by atoms with Crippen molar-refractivity contribution in [3.8, 4) is 0 Å². The van der Waals surface area contributed by atoms with Gasteiger partial charge in [-0.2, -0.15) is 0 Å². The number of fused-ring (bicyclic) bond motifs is 1. The standard InChI is InChI=1S/C27H28N2O/c30-27(26(22-10-3-1-4-11-22)23-12-5-2-6-13-23)29-18-16-25(20-29)28-17-15-21-9-7-8-14-24(21)19-28/h1-14,25-26H,15-20H2. The molecule has 1 unspecified atom stereocenters. The fourth-order valence-corrected chi connectivity index (χ4v) is 5.02. The molecular formula is C27H28N2O. The first-order chi connectivity index (χ1) is 14.8. The molecule has 1 saturated heterocycles. The summed E-state index contributed by atoms with van der Waals surface area (Å²) in [6.07, 6.45) is 2.17. The Morgan fingerprint density at radius 1 is 0.767 bits per heavy atom. The molecule has 1 fully saturated rings. The minimum Gasteiger partial charge on any atom is -0.340 e. The van der Waals surface area contributed by atoms with Gasteiger partial charge in [0.25, 0.3) is 0 Å². The lowest BCUT2D eigenvalue weighted by atomic mass is 9.90. The molecule has 0 bridgehead atoms. The van der Waals surface area contributed by atoms with Crippen molar-refractivity contribution in [2.45, 2.75) is 31.3 Å². The smallest absolute Gasteiger partial charge is 0.234 e. The Balaban J connectivity index is 1.33. The second kappa shape index (κ2) is 8.45. The van der Waals surface area contributed by atoms with Crippen LogP contribution in [-0.2, 0) is 17.8 Å². The highest BCUT2D eigenvalue weighted by molar-refractivity contribution is 5.87. The lowest BCUT2D eigenvalue weighted by molar-refractivity contribution is -0.131. The van der Waals surface area contributed by atoms with Gasteiger partial charge in [0.2, 0.25) is 5.91 Å². The first kappa shape index (κ1) is 19.1. The van der Waals surface area contributed by atoms with Gasteiger partial charge in [-0.05, 0) is 35.1 Å². The molecule has 1 amide bonds. The van der Waals surface area contributed by atoms with Crippen LogP contribution in [0.15, 0.2) is 84.9 Å². The van der Waals surface area contributed by atoms with E-state index in [0.717, 1.165) is 50.1 Å². The number of carbonyl (C=O) groups excluding carboxylic acids is 1. The van der Waals surface area contributed by atoms with Crippen molar-refractivity contribution in [3.05, 3.63) is 107 Å². The molecule has 2 heterocycles. The summed E-state index contributed by atoms with van der Waals surface area (Å²) in [5.41, 5.74) is 5.07. The first-order valence-electron chi connectivity index (χ1n) is 11.0. The van der Waals surface area contributed by atoms with Gasteiger partial charge in [0.1, 0.15) is 0 Å². The molecule has 2 aliphatic heterocycles. The first-order valence-corrected chi connectivity index (χ1v) is 11.0. The molecular weight excluding hydrogens is 368 g/mol. The van der Waals surface area contributed by atoms with Gasteiger partial charge in [-0.15, -0.1) is 0 Å². The monoisotopic (exact) mass is 396 g/mol. The van der Waals surface area contributed by atoms with Crippen LogP contribution in [0.1, 0.15) is 34.6 Å². The van der Waals surface area contributed by atoms with Gasteiger partial charge < -0.3 is 4.90 Å². The van der Waals surface area contributed by atoms with E-state index in [1.54, 1.807) is 0 Å². The number of benzene rings is 3. The van der Waals surface area contributed by atoms with E-state index in [-0.39, 0.29) is 11.8 Å². The van der Waals surface area contributed by atoms with Crippen molar-refractivity contribution >= 4 is 5.91 Å². The molecule has 0 N–H and O–H groups in total. The normalized spacial score (nSPS) is 19.1. The minimum absolute atomic E-state index is 0.228. The van der Waals surface area contributed by atoms with Gasteiger partial charge in [-0.3, -0.25) is 9.69 Å². The van der Waals surface area contributed by atoms with E-state index in [9.17, 15) is 4.79 Å². The van der Waals surface area contributed by atoms with E-state index >= 15 is 0 Å². The Labute approximate surface area is 178 Å².